The van der Waals surface area contributed by atoms with Crippen molar-refractivity contribution < 1.29 is 5.21 Å². The highest BCUT2D eigenvalue weighted by molar-refractivity contribution is 5.80. The topological polar surface area (TPSA) is 61.9 Å². The fraction of sp³-hybridized carbons (Fsp3) is 0.929. The van der Waals surface area contributed by atoms with Crippen molar-refractivity contribution in [3.8, 4) is 0 Å². The molecule has 4 heteroatoms. The van der Waals surface area contributed by atoms with Gasteiger partial charge in [0, 0.05) is 19.0 Å². The maximum Gasteiger partial charge on any atom is 0.140 e. The van der Waals surface area contributed by atoms with Crippen molar-refractivity contribution >= 4 is 5.84 Å². The Kier molecular flexibility index (Phi) is 4.49. The molecule has 0 aromatic heterocycles. The molecule has 0 saturated heterocycles. The lowest BCUT2D eigenvalue weighted by Gasteiger charge is -2.32. The standard InChI is InChI=1S/C14H27N3O/c1-3-13(8-14(15)16-18)17(2)9-12-7-10-4-5-11(12)6-10/h10-13,18H,3-9H2,1-2H3,(H2,15,16). The molecule has 0 radical (unpaired) electrons. The minimum Gasteiger partial charge on any atom is -0.409 e. The highest BCUT2D eigenvalue weighted by Crippen LogP contribution is 2.48. The Morgan fingerprint density at radius 2 is 2.22 bits per heavy atom. The van der Waals surface area contributed by atoms with Gasteiger partial charge in [0.1, 0.15) is 5.84 Å². The summed E-state index contributed by atoms with van der Waals surface area (Å²) in [6.45, 7) is 3.35. The molecule has 2 bridgehead atoms. The van der Waals surface area contributed by atoms with Crippen LogP contribution in [-0.2, 0) is 0 Å². The van der Waals surface area contributed by atoms with Gasteiger partial charge in [-0.05, 0) is 50.5 Å². The van der Waals surface area contributed by atoms with Crippen LogP contribution in [0.15, 0.2) is 5.16 Å². The fourth-order valence-corrected chi connectivity index (χ4v) is 4.01. The van der Waals surface area contributed by atoms with Gasteiger partial charge >= 0.3 is 0 Å². The van der Waals surface area contributed by atoms with Crippen molar-refractivity contribution in [2.45, 2.75) is 51.5 Å². The van der Waals surface area contributed by atoms with Crippen molar-refractivity contribution in [1.82, 2.24) is 4.90 Å². The predicted octanol–water partition coefficient (Wildman–Crippen LogP) is 2.27. The van der Waals surface area contributed by atoms with Crippen LogP contribution in [0.4, 0.5) is 0 Å². The average molecular weight is 253 g/mol. The number of hydrogen-bond donors (Lipinski definition) is 2. The second-order valence-corrected chi connectivity index (χ2v) is 6.23. The van der Waals surface area contributed by atoms with Gasteiger partial charge in [-0.2, -0.15) is 0 Å². The smallest absolute Gasteiger partial charge is 0.140 e. The second kappa shape index (κ2) is 5.91. The van der Waals surface area contributed by atoms with E-state index in [4.69, 9.17) is 10.9 Å². The van der Waals surface area contributed by atoms with Gasteiger partial charge in [0.05, 0.1) is 0 Å². The molecule has 0 aliphatic heterocycles. The van der Waals surface area contributed by atoms with E-state index < -0.39 is 0 Å². The van der Waals surface area contributed by atoms with E-state index in [1.54, 1.807) is 0 Å². The van der Waals surface area contributed by atoms with Crippen LogP contribution in [0.5, 0.6) is 0 Å². The lowest BCUT2D eigenvalue weighted by Crippen LogP contribution is -2.39. The van der Waals surface area contributed by atoms with Crippen molar-refractivity contribution in [2.75, 3.05) is 13.6 Å². The van der Waals surface area contributed by atoms with Crippen molar-refractivity contribution in [3.63, 3.8) is 0 Å². The van der Waals surface area contributed by atoms with E-state index in [9.17, 15) is 0 Å². The molecule has 3 N–H and O–H groups in total. The van der Waals surface area contributed by atoms with E-state index in [0.717, 1.165) is 24.2 Å². The first kappa shape index (κ1) is 13.7. The number of hydrogen-bond acceptors (Lipinski definition) is 3. The van der Waals surface area contributed by atoms with E-state index in [0.29, 0.717) is 18.3 Å². The number of rotatable bonds is 6. The second-order valence-electron chi connectivity index (χ2n) is 6.23. The Labute approximate surface area is 110 Å². The quantitative estimate of drug-likeness (QED) is 0.330. The van der Waals surface area contributed by atoms with Crippen LogP contribution >= 0.6 is 0 Å². The molecule has 0 aromatic carbocycles. The van der Waals surface area contributed by atoms with Gasteiger partial charge in [0.15, 0.2) is 0 Å². The Hall–Kier alpha value is -0.770. The normalized spacial score (nSPS) is 33.3. The molecule has 0 spiro atoms. The van der Waals surface area contributed by atoms with Gasteiger partial charge in [0.25, 0.3) is 0 Å². The van der Waals surface area contributed by atoms with Crippen LogP contribution in [0.2, 0.25) is 0 Å². The van der Waals surface area contributed by atoms with Gasteiger partial charge in [-0.15, -0.1) is 0 Å². The molecule has 2 fully saturated rings. The van der Waals surface area contributed by atoms with E-state index in [1.165, 1.54) is 32.2 Å². The molecule has 0 heterocycles. The van der Waals surface area contributed by atoms with Crippen LogP contribution in [0.3, 0.4) is 0 Å². The molecule has 2 aliphatic carbocycles. The van der Waals surface area contributed by atoms with Crippen LogP contribution < -0.4 is 5.73 Å². The van der Waals surface area contributed by atoms with Crippen LogP contribution in [0, 0.1) is 17.8 Å². The molecule has 18 heavy (non-hydrogen) atoms. The molecule has 4 unspecified atom stereocenters. The summed E-state index contributed by atoms with van der Waals surface area (Å²) in [6.07, 6.45) is 7.52. The monoisotopic (exact) mass is 253 g/mol. The summed E-state index contributed by atoms with van der Waals surface area (Å²) in [5, 5.41) is 11.8. The van der Waals surface area contributed by atoms with E-state index in [-0.39, 0.29) is 0 Å². The van der Waals surface area contributed by atoms with E-state index in [1.807, 2.05) is 0 Å². The van der Waals surface area contributed by atoms with Gasteiger partial charge < -0.3 is 15.8 Å². The molecule has 4 atom stereocenters. The molecular formula is C14H27N3O. The maximum atomic E-state index is 8.68. The molecule has 2 saturated carbocycles. The molecule has 0 amide bonds. The first-order valence-corrected chi connectivity index (χ1v) is 7.30. The van der Waals surface area contributed by atoms with Gasteiger partial charge in [-0.25, -0.2) is 0 Å². The zero-order valence-electron chi connectivity index (χ0n) is 11.7. The molecule has 104 valence electrons. The highest BCUT2D eigenvalue weighted by atomic mass is 16.4. The molecule has 2 aliphatic rings. The predicted molar refractivity (Wildman–Crippen MR) is 73.7 cm³/mol. The summed E-state index contributed by atoms with van der Waals surface area (Å²) in [7, 11) is 2.19. The highest BCUT2D eigenvalue weighted by Gasteiger charge is 2.40. The third kappa shape index (κ3) is 2.97. The van der Waals surface area contributed by atoms with Gasteiger partial charge in [-0.3, -0.25) is 0 Å². The molecular weight excluding hydrogens is 226 g/mol. The Bertz CT molecular complexity index is 305. The van der Waals surface area contributed by atoms with Crippen LogP contribution in [0.25, 0.3) is 0 Å². The Balaban J connectivity index is 1.84. The third-order valence-corrected chi connectivity index (χ3v) is 5.07. The number of nitrogens with two attached hydrogens (primary N) is 1. The average Bonchev–Trinajstić information content (AvgIpc) is 2.97. The molecule has 0 aromatic rings. The van der Waals surface area contributed by atoms with E-state index in [2.05, 4.69) is 24.0 Å². The first-order valence-electron chi connectivity index (χ1n) is 7.30. The lowest BCUT2D eigenvalue weighted by molar-refractivity contribution is 0.171. The number of nitrogens with zero attached hydrogens (tertiary/aromatic N) is 2. The first-order chi connectivity index (χ1) is 8.63. The third-order valence-electron chi connectivity index (χ3n) is 5.07. The SMILES string of the molecule is CCC(C/C(N)=N/O)N(C)CC1CC2CCC1C2. The summed E-state index contributed by atoms with van der Waals surface area (Å²) >= 11 is 0. The number of oxime groups is 1. The van der Waals surface area contributed by atoms with Gasteiger partial charge in [-0.1, -0.05) is 18.5 Å². The Morgan fingerprint density at radius 3 is 2.72 bits per heavy atom. The number of amidine groups is 1. The minimum absolute atomic E-state index is 0.349. The zero-order valence-corrected chi connectivity index (χ0v) is 11.7. The summed E-state index contributed by atoms with van der Waals surface area (Å²) in [5.41, 5.74) is 5.63. The Morgan fingerprint density at radius 1 is 1.44 bits per heavy atom. The van der Waals surface area contributed by atoms with Crippen LogP contribution in [0.1, 0.15) is 45.4 Å². The summed E-state index contributed by atoms with van der Waals surface area (Å²) in [5.74, 6) is 3.22. The fourth-order valence-electron chi connectivity index (χ4n) is 4.01. The van der Waals surface area contributed by atoms with Crippen molar-refractivity contribution in [2.24, 2.45) is 28.6 Å². The molecule has 4 nitrogen and oxygen atoms in total. The summed E-state index contributed by atoms with van der Waals surface area (Å²) < 4.78 is 0. The zero-order chi connectivity index (χ0) is 13.1. The largest absolute Gasteiger partial charge is 0.409 e. The lowest BCUT2D eigenvalue weighted by atomic mass is 9.88. The minimum atomic E-state index is 0.349. The van der Waals surface area contributed by atoms with Gasteiger partial charge in [0.2, 0.25) is 0 Å². The molecule has 2 rings (SSSR count). The maximum absolute atomic E-state index is 8.68. The number of fused-ring (bicyclic) bond motifs is 2. The summed E-state index contributed by atoms with van der Waals surface area (Å²) in [4.78, 5) is 2.42. The summed E-state index contributed by atoms with van der Waals surface area (Å²) in [6, 6.07) is 0.403. The van der Waals surface area contributed by atoms with Crippen molar-refractivity contribution in [3.05, 3.63) is 0 Å². The van der Waals surface area contributed by atoms with Crippen molar-refractivity contribution in [1.29, 1.82) is 0 Å². The van der Waals surface area contributed by atoms with E-state index >= 15 is 0 Å². The van der Waals surface area contributed by atoms with Crippen LogP contribution in [-0.4, -0.2) is 35.6 Å².